The van der Waals surface area contributed by atoms with Crippen molar-refractivity contribution in [3.05, 3.63) is 32.2 Å². The molecule has 8 heteroatoms. The second kappa shape index (κ2) is 7.50. The molecule has 0 saturated carbocycles. The molecule has 1 heterocycles. The van der Waals surface area contributed by atoms with Gasteiger partial charge in [0.1, 0.15) is 5.60 Å². The SMILES string of the molecule is CC(C)(C)OC(=O)N1CCN(C(=O)c2cc(Cl)c(Br)cc2Cl)CC1. The molecule has 1 aromatic carbocycles. The van der Waals surface area contributed by atoms with Gasteiger partial charge in [0, 0.05) is 30.7 Å². The lowest BCUT2D eigenvalue weighted by atomic mass is 10.1. The zero-order valence-electron chi connectivity index (χ0n) is 13.7. The third kappa shape index (κ3) is 4.77. The van der Waals surface area contributed by atoms with Crippen LogP contribution in [-0.2, 0) is 4.74 Å². The second-order valence-corrected chi connectivity index (χ2v) is 8.17. The minimum atomic E-state index is -0.536. The monoisotopic (exact) mass is 436 g/mol. The molecule has 5 nitrogen and oxygen atoms in total. The van der Waals surface area contributed by atoms with Gasteiger partial charge < -0.3 is 14.5 Å². The minimum absolute atomic E-state index is 0.196. The smallest absolute Gasteiger partial charge is 0.410 e. The van der Waals surface area contributed by atoms with E-state index < -0.39 is 5.60 Å². The van der Waals surface area contributed by atoms with E-state index in [1.165, 1.54) is 0 Å². The molecule has 0 bridgehead atoms. The molecule has 0 N–H and O–H groups in total. The highest BCUT2D eigenvalue weighted by Gasteiger charge is 2.29. The van der Waals surface area contributed by atoms with Crippen molar-refractivity contribution in [1.29, 1.82) is 0 Å². The van der Waals surface area contributed by atoms with Gasteiger partial charge in [-0.3, -0.25) is 4.79 Å². The van der Waals surface area contributed by atoms with Crippen molar-refractivity contribution >= 4 is 51.1 Å². The van der Waals surface area contributed by atoms with Gasteiger partial charge in [0.05, 0.1) is 15.6 Å². The lowest BCUT2D eigenvalue weighted by Gasteiger charge is -2.35. The van der Waals surface area contributed by atoms with Crippen molar-refractivity contribution in [3.8, 4) is 0 Å². The van der Waals surface area contributed by atoms with Gasteiger partial charge in [0.25, 0.3) is 5.91 Å². The third-order valence-electron chi connectivity index (χ3n) is 3.46. The molecule has 0 radical (unpaired) electrons. The normalized spacial score (nSPS) is 15.4. The first kappa shape index (κ1) is 19.3. The fraction of sp³-hybridized carbons (Fsp3) is 0.500. The maximum atomic E-state index is 12.6. The number of benzene rings is 1. The van der Waals surface area contributed by atoms with E-state index in [4.69, 9.17) is 27.9 Å². The number of nitrogens with zero attached hydrogens (tertiary/aromatic N) is 2. The Labute approximate surface area is 160 Å². The topological polar surface area (TPSA) is 49.9 Å². The highest BCUT2D eigenvalue weighted by molar-refractivity contribution is 9.10. The molecule has 0 spiro atoms. The summed E-state index contributed by atoms with van der Waals surface area (Å²) in [4.78, 5) is 27.9. The van der Waals surface area contributed by atoms with Gasteiger partial charge in [0.15, 0.2) is 0 Å². The summed E-state index contributed by atoms with van der Waals surface area (Å²) in [5, 5.41) is 0.765. The highest BCUT2D eigenvalue weighted by Crippen LogP contribution is 2.30. The molecule has 1 aliphatic rings. The van der Waals surface area contributed by atoms with Gasteiger partial charge in [-0.1, -0.05) is 23.2 Å². The number of hydrogen-bond donors (Lipinski definition) is 0. The predicted molar refractivity (Wildman–Crippen MR) is 97.9 cm³/mol. The number of carbonyl (C=O) groups excluding carboxylic acids is 2. The van der Waals surface area contributed by atoms with Crippen LogP contribution in [0.1, 0.15) is 31.1 Å². The van der Waals surface area contributed by atoms with E-state index in [1.807, 2.05) is 20.8 Å². The van der Waals surface area contributed by atoms with Crippen molar-refractivity contribution in [2.45, 2.75) is 26.4 Å². The first-order chi connectivity index (χ1) is 11.1. The summed E-state index contributed by atoms with van der Waals surface area (Å²) in [5.41, 5.74) is -0.179. The fourth-order valence-corrected chi connectivity index (χ4v) is 3.16. The summed E-state index contributed by atoms with van der Waals surface area (Å²) in [7, 11) is 0. The Morgan fingerprint density at radius 1 is 1.04 bits per heavy atom. The Morgan fingerprint density at radius 3 is 2.12 bits per heavy atom. The summed E-state index contributed by atoms with van der Waals surface area (Å²) in [6.07, 6.45) is -0.362. The van der Waals surface area contributed by atoms with Gasteiger partial charge in [-0.05, 0) is 48.8 Å². The Morgan fingerprint density at radius 2 is 1.58 bits per heavy atom. The number of carbonyl (C=O) groups is 2. The van der Waals surface area contributed by atoms with Gasteiger partial charge in [-0.15, -0.1) is 0 Å². The Bertz CT molecular complexity index is 653. The maximum Gasteiger partial charge on any atom is 0.410 e. The summed E-state index contributed by atoms with van der Waals surface area (Å²) in [6, 6.07) is 3.16. The Hall–Kier alpha value is -0.980. The van der Waals surface area contributed by atoms with E-state index in [2.05, 4.69) is 15.9 Å². The van der Waals surface area contributed by atoms with Crippen LogP contribution in [-0.4, -0.2) is 53.6 Å². The number of piperazine rings is 1. The van der Waals surface area contributed by atoms with Gasteiger partial charge in [-0.2, -0.15) is 0 Å². The summed E-state index contributed by atoms with van der Waals surface area (Å²) in [5.74, 6) is -0.196. The molecule has 0 atom stereocenters. The number of rotatable bonds is 1. The number of halogens is 3. The molecule has 1 saturated heterocycles. The van der Waals surface area contributed by atoms with Crippen LogP contribution >= 0.6 is 39.1 Å². The van der Waals surface area contributed by atoms with Crippen molar-refractivity contribution in [1.82, 2.24) is 9.80 Å². The molecule has 24 heavy (non-hydrogen) atoms. The lowest BCUT2D eigenvalue weighted by molar-refractivity contribution is 0.0141. The Balaban J connectivity index is 2.01. The van der Waals surface area contributed by atoms with Crippen LogP contribution in [0.4, 0.5) is 4.79 Å². The molecule has 0 aliphatic carbocycles. The van der Waals surface area contributed by atoms with E-state index in [-0.39, 0.29) is 12.0 Å². The number of ether oxygens (including phenoxy) is 1. The van der Waals surface area contributed by atoms with E-state index in [0.29, 0.717) is 46.3 Å². The zero-order valence-corrected chi connectivity index (χ0v) is 16.8. The van der Waals surface area contributed by atoms with E-state index in [9.17, 15) is 9.59 Å². The minimum Gasteiger partial charge on any atom is -0.444 e. The van der Waals surface area contributed by atoms with Crippen LogP contribution in [0.15, 0.2) is 16.6 Å². The Kier molecular flexibility index (Phi) is 6.04. The summed E-state index contributed by atoms with van der Waals surface area (Å²) < 4.78 is 5.98. The van der Waals surface area contributed by atoms with Crippen LogP contribution in [0.25, 0.3) is 0 Å². The third-order valence-corrected chi connectivity index (χ3v) is 4.97. The molecule has 0 unspecified atom stereocenters. The maximum absolute atomic E-state index is 12.6. The van der Waals surface area contributed by atoms with Crippen LogP contribution in [0.3, 0.4) is 0 Å². The standard InChI is InChI=1S/C16H19BrCl2N2O3/c1-16(2,3)24-15(23)21-6-4-20(5-7-21)14(22)10-8-13(19)11(17)9-12(10)18/h8-9H,4-7H2,1-3H3. The summed E-state index contributed by atoms with van der Waals surface area (Å²) in [6.45, 7) is 7.15. The molecular formula is C16H19BrCl2N2O3. The zero-order chi connectivity index (χ0) is 18.1. The van der Waals surface area contributed by atoms with Crippen molar-refractivity contribution in [2.24, 2.45) is 0 Å². The van der Waals surface area contributed by atoms with Gasteiger partial charge in [-0.25, -0.2) is 4.79 Å². The van der Waals surface area contributed by atoms with Crippen LogP contribution in [0.5, 0.6) is 0 Å². The average Bonchev–Trinajstić information content (AvgIpc) is 2.49. The van der Waals surface area contributed by atoms with Gasteiger partial charge >= 0.3 is 6.09 Å². The second-order valence-electron chi connectivity index (χ2n) is 6.51. The molecule has 1 fully saturated rings. The molecular weight excluding hydrogens is 419 g/mol. The molecule has 0 aromatic heterocycles. The van der Waals surface area contributed by atoms with Crippen LogP contribution in [0.2, 0.25) is 10.0 Å². The predicted octanol–water partition coefficient (Wildman–Crippen LogP) is 4.45. The van der Waals surface area contributed by atoms with E-state index in [1.54, 1.807) is 21.9 Å². The molecule has 2 rings (SSSR count). The first-order valence-corrected chi connectivity index (χ1v) is 9.05. The largest absolute Gasteiger partial charge is 0.444 e. The lowest BCUT2D eigenvalue weighted by Crippen LogP contribution is -2.51. The molecule has 132 valence electrons. The fourth-order valence-electron chi connectivity index (χ4n) is 2.28. The van der Waals surface area contributed by atoms with Gasteiger partial charge in [0.2, 0.25) is 0 Å². The molecule has 2 amide bonds. The highest BCUT2D eigenvalue weighted by atomic mass is 79.9. The average molecular weight is 438 g/mol. The number of amides is 2. The quantitative estimate of drug-likeness (QED) is 0.610. The summed E-state index contributed by atoms with van der Waals surface area (Å²) >= 11 is 15.5. The molecule has 1 aliphatic heterocycles. The number of hydrogen-bond acceptors (Lipinski definition) is 3. The van der Waals surface area contributed by atoms with Crippen LogP contribution < -0.4 is 0 Å². The molecule has 1 aromatic rings. The van der Waals surface area contributed by atoms with E-state index >= 15 is 0 Å². The van der Waals surface area contributed by atoms with E-state index in [0.717, 1.165) is 0 Å². The van der Waals surface area contributed by atoms with Crippen molar-refractivity contribution < 1.29 is 14.3 Å². The van der Waals surface area contributed by atoms with Crippen LogP contribution in [0, 0.1) is 0 Å². The first-order valence-electron chi connectivity index (χ1n) is 7.50. The van der Waals surface area contributed by atoms with Crippen molar-refractivity contribution in [2.75, 3.05) is 26.2 Å². The van der Waals surface area contributed by atoms with Crippen molar-refractivity contribution in [3.63, 3.8) is 0 Å².